The lowest BCUT2D eigenvalue weighted by molar-refractivity contribution is -0.114. The maximum absolute atomic E-state index is 11.3. The predicted molar refractivity (Wildman–Crippen MR) is 159 cm³/mol. The molecule has 9 nitrogen and oxygen atoms in total. The number of methoxy groups -OCH3 is 2. The summed E-state index contributed by atoms with van der Waals surface area (Å²) in [5.41, 5.74) is 5.75. The fraction of sp³-hybridized carbons (Fsp3) is 0.258. The molecule has 0 bridgehead atoms. The van der Waals surface area contributed by atoms with Gasteiger partial charge < -0.3 is 25.0 Å². The van der Waals surface area contributed by atoms with Crippen LogP contribution in [0.4, 0.5) is 23.0 Å². The Labute approximate surface area is 234 Å². The molecule has 1 amide bonds. The summed E-state index contributed by atoms with van der Waals surface area (Å²) in [5.74, 6) is 2.16. The third kappa shape index (κ3) is 6.68. The number of carbonyl (C=O) groups excluding carboxylic acids is 1. The number of nitrogens with one attached hydrogen (secondary N) is 2. The lowest BCUT2D eigenvalue weighted by Crippen LogP contribution is -2.46. The molecule has 2 N–H and O–H groups in total. The summed E-state index contributed by atoms with van der Waals surface area (Å²) in [7, 11) is 3.39. The number of aromatic nitrogens is 2. The molecule has 40 heavy (non-hydrogen) atoms. The van der Waals surface area contributed by atoms with Crippen LogP contribution in [0.15, 0.2) is 79.0 Å². The zero-order valence-electron chi connectivity index (χ0n) is 23.1. The van der Waals surface area contributed by atoms with Crippen LogP contribution >= 0.6 is 0 Å². The van der Waals surface area contributed by atoms with Gasteiger partial charge in [-0.15, -0.1) is 0 Å². The summed E-state index contributed by atoms with van der Waals surface area (Å²) in [4.78, 5) is 25.2. The molecule has 5 rings (SSSR count). The highest BCUT2D eigenvalue weighted by molar-refractivity contribution is 5.88. The van der Waals surface area contributed by atoms with E-state index in [1.54, 1.807) is 20.4 Å². The smallest absolute Gasteiger partial charge is 0.227 e. The Hall–Kier alpha value is -4.63. The Kier molecular flexibility index (Phi) is 8.41. The van der Waals surface area contributed by atoms with Crippen molar-refractivity contribution in [2.24, 2.45) is 0 Å². The van der Waals surface area contributed by atoms with Crippen molar-refractivity contribution in [1.82, 2.24) is 14.9 Å². The first-order valence-corrected chi connectivity index (χ1v) is 13.3. The molecule has 0 atom stereocenters. The maximum atomic E-state index is 11.3. The zero-order valence-corrected chi connectivity index (χ0v) is 23.1. The van der Waals surface area contributed by atoms with Gasteiger partial charge in [0.2, 0.25) is 11.9 Å². The molecule has 1 saturated heterocycles. The van der Waals surface area contributed by atoms with Crippen molar-refractivity contribution in [3.8, 4) is 22.8 Å². The summed E-state index contributed by atoms with van der Waals surface area (Å²) in [6.07, 6.45) is 1.74. The van der Waals surface area contributed by atoms with Crippen LogP contribution in [0.5, 0.6) is 11.5 Å². The molecule has 206 valence electrons. The van der Waals surface area contributed by atoms with Crippen LogP contribution in [-0.4, -0.2) is 61.2 Å². The van der Waals surface area contributed by atoms with Crippen LogP contribution < -0.4 is 25.0 Å². The highest BCUT2D eigenvalue weighted by atomic mass is 16.5. The minimum Gasteiger partial charge on any atom is -0.497 e. The standard InChI is InChI=1S/C31H34N6O3/c1-22(38)33-25-6-4-23(5-7-25)29-14-15-32-31(35-29)34-26-8-10-27(11-9-26)37-18-16-36(17-19-37)21-24-20-28(39-2)12-13-30(24)40-3/h4-15,20H,16-19,21H2,1-3H3,(H,33,38)(H,32,34,35). The Morgan fingerprint density at radius 1 is 0.875 bits per heavy atom. The van der Waals surface area contributed by atoms with Gasteiger partial charge in [-0.3, -0.25) is 9.69 Å². The van der Waals surface area contributed by atoms with Gasteiger partial charge in [-0.05, 0) is 60.7 Å². The second-order valence-corrected chi connectivity index (χ2v) is 9.64. The van der Waals surface area contributed by atoms with Gasteiger partial charge in [0.1, 0.15) is 11.5 Å². The maximum Gasteiger partial charge on any atom is 0.227 e. The van der Waals surface area contributed by atoms with Crippen molar-refractivity contribution < 1.29 is 14.3 Å². The average molecular weight is 539 g/mol. The number of anilines is 4. The number of amides is 1. The van der Waals surface area contributed by atoms with Crippen molar-refractivity contribution in [3.63, 3.8) is 0 Å². The second kappa shape index (κ2) is 12.5. The molecule has 1 aliphatic heterocycles. The third-order valence-electron chi connectivity index (χ3n) is 6.90. The van der Waals surface area contributed by atoms with Crippen molar-refractivity contribution in [2.45, 2.75) is 13.5 Å². The normalized spacial score (nSPS) is 13.5. The summed E-state index contributed by atoms with van der Waals surface area (Å²) >= 11 is 0. The number of benzene rings is 3. The molecule has 3 aromatic carbocycles. The van der Waals surface area contributed by atoms with Crippen LogP contribution in [0.1, 0.15) is 12.5 Å². The van der Waals surface area contributed by atoms with E-state index >= 15 is 0 Å². The predicted octanol–water partition coefficient (Wildman–Crippen LogP) is 5.19. The van der Waals surface area contributed by atoms with Crippen LogP contribution in [0.25, 0.3) is 11.3 Å². The fourth-order valence-corrected chi connectivity index (χ4v) is 4.80. The lowest BCUT2D eigenvalue weighted by Gasteiger charge is -2.36. The van der Waals surface area contributed by atoms with Crippen LogP contribution in [0.2, 0.25) is 0 Å². The minimum atomic E-state index is -0.0972. The number of ether oxygens (including phenoxy) is 2. The van der Waals surface area contributed by atoms with Gasteiger partial charge in [0.25, 0.3) is 0 Å². The number of hydrogen-bond donors (Lipinski definition) is 2. The molecule has 0 saturated carbocycles. The van der Waals surface area contributed by atoms with Crippen molar-refractivity contribution in [3.05, 3.63) is 84.6 Å². The summed E-state index contributed by atoms with van der Waals surface area (Å²) in [6, 6.07) is 23.8. The number of rotatable bonds is 9. The van der Waals surface area contributed by atoms with Crippen molar-refractivity contribution in [1.29, 1.82) is 0 Å². The van der Waals surface area contributed by atoms with Crippen molar-refractivity contribution in [2.75, 3.05) is 55.9 Å². The molecule has 1 fully saturated rings. The minimum absolute atomic E-state index is 0.0972. The molecular formula is C31H34N6O3. The van der Waals surface area contributed by atoms with Gasteiger partial charge in [-0.2, -0.15) is 0 Å². The van der Waals surface area contributed by atoms with Gasteiger partial charge in [0.05, 0.1) is 19.9 Å². The third-order valence-corrected chi connectivity index (χ3v) is 6.90. The first-order chi connectivity index (χ1) is 19.5. The van der Waals surface area contributed by atoms with E-state index in [-0.39, 0.29) is 5.91 Å². The molecule has 1 aliphatic rings. The van der Waals surface area contributed by atoms with E-state index in [2.05, 4.69) is 60.7 Å². The Morgan fingerprint density at radius 3 is 2.27 bits per heavy atom. The topological polar surface area (TPSA) is 91.9 Å². The molecule has 9 heteroatoms. The van der Waals surface area contributed by atoms with E-state index in [0.29, 0.717) is 5.95 Å². The molecule has 0 unspecified atom stereocenters. The van der Waals surface area contributed by atoms with Crippen LogP contribution in [0.3, 0.4) is 0 Å². The SMILES string of the molecule is COc1ccc(OC)c(CN2CCN(c3ccc(Nc4nccc(-c5ccc(NC(C)=O)cc5)n4)cc3)CC2)c1. The monoisotopic (exact) mass is 538 g/mol. The van der Waals surface area contributed by atoms with Crippen molar-refractivity contribution >= 4 is 28.9 Å². The Morgan fingerprint density at radius 2 is 1.60 bits per heavy atom. The largest absolute Gasteiger partial charge is 0.497 e. The number of piperazine rings is 1. The van der Waals surface area contributed by atoms with E-state index < -0.39 is 0 Å². The van der Waals surface area contributed by atoms with E-state index in [9.17, 15) is 4.79 Å². The van der Waals surface area contributed by atoms with Crippen LogP contribution in [0, 0.1) is 0 Å². The summed E-state index contributed by atoms with van der Waals surface area (Å²) in [6.45, 7) is 6.15. The molecule has 4 aromatic rings. The van der Waals surface area contributed by atoms with Gasteiger partial charge in [0, 0.05) is 74.0 Å². The fourth-order valence-electron chi connectivity index (χ4n) is 4.80. The van der Waals surface area contributed by atoms with Gasteiger partial charge in [0.15, 0.2) is 0 Å². The van der Waals surface area contributed by atoms with Gasteiger partial charge in [-0.25, -0.2) is 9.97 Å². The Balaban J connectivity index is 1.17. The second-order valence-electron chi connectivity index (χ2n) is 9.64. The molecule has 0 aliphatic carbocycles. The highest BCUT2D eigenvalue weighted by Gasteiger charge is 2.19. The lowest BCUT2D eigenvalue weighted by atomic mass is 10.1. The van der Waals surface area contributed by atoms with E-state index in [1.165, 1.54) is 12.6 Å². The quantitative estimate of drug-likeness (QED) is 0.301. The first-order valence-electron chi connectivity index (χ1n) is 13.3. The Bertz CT molecular complexity index is 1430. The first kappa shape index (κ1) is 27.0. The van der Waals surface area contributed by atoms with E-state index in [0.717, 1.165) is 72.4 Å². The number of hydrogen-bond acceptors (Lipinski definition) is 8. The summed E-state index contributed by atoms with van der Waals surface area (Å²) in [5, 5.41) is 6.08. The van der Waals surface area contributed by atoms with Crippen LogP contribution in [-0.2, 0) is 11.3 Å². The molecule has 0 spiro atoms. The van der Waals surface area contributed by atoms with Gasteiger partial charge in [-0.1, -0.05) is 12.1 Å². The summed E-state index contributed by atoms with van der Waals surface area (Å²) < 4.78 is 11.0. The van der Waals surface area contributed by atoms with Gasteiger partial charge >= 0.3 is 0 Å². The molecule has 2 heterocycles. The average Bonchev–Trinajstić information content (AvgIpc) is 2.98. The van der Waals surface area contributed by atoms with E-state index in [1.807, 2.05) is 42.5 Å². The van der Waals surface area contributed by atoms with E-state index in [4.69, 9.17) is 9.47 Å². The highest BCUT2D eigenvalue weighted by Crippen LogP contribution is 2.27. The molecular weight excluding hydrogens is 504 g/mol. The zero-order chi connectivity index (χ0) is 27.9. The molecule has 1 aromatic heterocycles. The number of nitrogens with zero attached hydrogens (tertiary/aromatic N) is 4. The molecule has 0 radical (unpaired) electrons. The number of carbonyl (C=O) groups is 1.